The highest BCUT2D eigenvalue weighted by molar-refractivity contribution is 6.30. The Morgan fingerprint density at radius 3 is 2.60 bits per heavy atom. The fourth-order valence-electron chi connectivity index (χ4n) is 4.98. The molecule has 0 spiro atoms. The molecule has 1 amide bonds. The first kappa shape index (κ1) is 23.9. The minimum absolute atomic E-state index is 0.0281. The molecule has 1 aromatic heterocycles. The van der Waals surface area contributed by atoms with Crippen molar-refractivity contribution in [3.63, 3.8) is 0 Å². The number of carbonyl (C=O) groups is 1. The third-order valence-electron chi connectivity index (χ3n) is 6.91. The fraction of sp³-hybridized carbons (Fsp3) is 0.458. The largest absolute Gasteiger partial charge is 0.416 e. The molecule has 5 rings (SSSR count). The van der Waals surface area contributed by atoms with Crippen LogP contribution in [0.25, 0.3) is 11.0 Å². The highest BCUT2D eigenvalue weighted by Gasteiger charge is 2.35. The van der Waals surface area contributed by atoms with Crippen molar-refractivity contribution in [2.75, 3.05) is 37.6 Å². The topological polar surface area (TPSA) is 66.3 Å². The standard InChI is InChI=1S/C24H26ClF3N6O/c1-15(18-6-4-16(25)13-19(18)24(26,27)28)34-22-14-17(5-7-20(22)30-31-34)32-9-11-33(12-10-32)23(35)21-3-2-8-29-21/h4-7,13-15,21,29H,2-3,8-12H2,1H3/t15-,21-/m1/s1. The van der Waals surface area contributed by atoms with Gasteiger partial charge in [-0.1, -0.05) is 22.9 Å². The number of aromatic nitrogens is 3. The van der Waals surface area contributed by atoms with Gasteiger partial charge in [-0.25, -0.2) is 4.68 Å². The molecule has 2 aliphatic rings. The van der Waals surface area contributed by atoms with Crippen LogP contribution in [-0.4, -0.2) is 64.6 Å². The van der Waals surface area contributed by atoms with Crippen molar-refractivity contribution in [1.29, 1.82) is 0 Å². The predicted octanol–water partition coefficient (Wildman–Crippen LogP) is 4.11. The lowest BCUT2D eigenvalue weighted by Gasteiger charge is -2.37. The number of nitrogens with zero attached hydrogens (tertiary/aromatic N) is 5. The van der Waals surface area contributed by atoms with Gasteiger partial charge in [-0.15, -0.1) is 5.10 Å². The fourth-order valence-corrected chi connectivity index (χ4v) is 5.15. The van der Waals surface area contributed by atoms with Crippen molar-refractivity contribution in [2.45, 2.75) is 38.0 Å². The second kappa shape index (κ2) is 9.31. The molecule has 2 saturated heterocycles. The molecule has 1 N–H and O–H groups in total. The van der Waals surface area contributed by atoms with E-state index < -0.39 is 17.8 Å². The maximum atomic E-state index is 13.7. The van der Waals surface area contributed by atoms with E-state index in [9.17, 15) is 18.0 Å². The van der Waals surface area contributed by atoms with E-state index in [2.05, 4.69) is 20.5 Å². The number of nitrogens with one attached hydrogen (secondary N) is 1. The predicted molar refractivity (Wildman–Crippen MR) is 128 cm³/mol. The average molecular weight is 507 g/mol. The van der Waals surface area contributed by atoms with Crippen LogP contribution in [0.2, 0.25) is 5.02 Å². The lowest BCUT2D eigenvalue weighted by Crippen LogP contribution is -2.53. The van der Waals surface area contributed by atoms with Gasteiger partial charge in [0.25, 0.3) is 0 Å². The van der Waals surface area contributed by atoms with Crippen LogP contribution in [-0.2, 0) is 11.0 Å². The second-order valence-electron chi connectivity index (χ2n) is 9.07. The SMILES string of the molecule is C[C@H](c1ccc(Cl)cc1C(F)(F)F)n1nnc2ccc(N3CCN(C(=O)[C@H]4CCCN4)CC3)cc21. The van der Waals surface area contributed by atoms with Gasteiger partial charge in [0.1, 0.15) is 5.52 Å². The van der Waals surface area contributed by atoms with E-state index in [0.717, 1.165) is 31.1 Å². The summed E-state index contributed by atoms with van der Waals surface area (Å²) in [4.78, 5) is 16.8. The molecule has 0 unspecified atom stereocenters. The summed E-state index contributed by atoms with van der Waals surface area (Å²) in [6, 6.07) is 8.67. The normalized spacial score (nSPS) is 20.0. The molecular formula is C24H26ClF3N6O. The molecule has 35 heavy (non-hydrogen) atoms. The van der Waals surface area contributed by atoms with Crippen LogP contribution in [0.4, 0.5) is 18.9 Å². The van der Waals surface area contributed by atoms with Crippen LogP contribution in [0.1, 0.15) is 36.9 Å². The molecule has 0 bridgehead atoms. The summed E-state index contributed by atoms with van der Waals surface area (Å²) >= 11 is 5.85. The van der Waals surface area contributed by atoms with Gasteiger partial charge < -0.3 is 15.1 Å². The molecule has 2 aromatic carbocycles. The number of anilines is 1. The molecule has 11 heteroatoms. The average Bonchev–Trinajstić information content (AvgIpc) is 3.53. The van der Waals surface area contributed by atoms with Crippen LogP contribution in [0.5, 0.6) is 0 Å². The summed E-state index contributed by atoms with van der Waals surface area (Å²) in [5.41, 5.74) is 1.46. The van der Waals surface area contributed by atoms with Crippen molar-refractivity contribution in [1.82, 2.24) is 25.2 Å². The lowest BCUT2D eigenvalue weighted by molar-refractivity contribution is -0.138. The highest BCUT2D eigenvalue weighted by Crippen LogP contribution is 2.38. The van der Waals surface area contributed by atoms with Gasteiger partial charge >= 0.3 is 6.18 Å². The van der Waals surface area contributed by atoms with Crippen molar-refractivity contribution in [3.05, 3.63) is 52.5 Å². The Hall–Kier alpha value is -2.85. The van der Waals surface area contributed by atoms with Crippen molar-refractivity contribution in [2.24, 2.45) is 0 Å². The third kappa shape index (κ3) is 4.69. The van der Waals surface area contributed by atoms with Gasteiger partial charge in [0, 0.05) is 36.9 Å². The zero-order chi connectivity index (χ0) is 24.7. The van der Waals surface area contributed by atoms with E-state index in [1.807, 2.05) is 23.1 Å². The zero-order valence-corrected chi connectivity index (χ0v) is 20.0. The molecule has 2 fully saturated rings. The maximum absolute atomic E-state index is 13.7. The molecule has 0 aliphatic carbocycles. The lowest BCUT2D eigenvalue weighted by atomic mass is 10.0. The Bertz CT molecular complexity index is 1230. The molecule has 7 nitrogen and oxygen atoms in total. The van der Waals surface area contributed by atoms with Crippen LogP contribution in [0.15, 0.2) is 36.4 Å². The first-order chi connectivity index (χ1) is 16.7. The number of hydrogen-bond donors (Lipinski definition) is 1. The van der Waals surface area contributed by atoms with Gasteiger partial charge in [0.2, 0.25) is 5.91 Å². The third-order valence-corrected chi connectivity index (χ3v) is 7.14. The van der Waals surface area contributed by atoms with Gasteiger partial charge in [0.15, 0.2) is 0 Å². The number of amides is 1. The van der Waals surface area contributed by atoms with Crippen LogP contribution < -0.4 is 10.2 Å². The van der Waals surface area contributed by atoms with E-state index >= 15 is 0 Å². The number of piperazine rings is 1. The number of hydrogen-bond acceptors (Lipinski definition) is 5. The maximum Gasteiger partial charge on any atom is 0.416 e. The molecule has 3 heterocycles. The summed E-state index contributed by atoms with van der Waals surface area (Å²) in [6.07, 6.45) is -2.63. The quantitative estimate of drug-likeness (QED) is 0.577. The molecular weight excluding hydrogens is 481 g/mol. The van der Waals surface area contributed by atoms with E-state index in [-0.39, 0.29) is 22.5 Å². The Morgan fingerprint density at radius 1 is 1.14 bits per heavy atom. The number of alkyl halides is 3. The van der Waals surface area contributed by atoms with E-state index in [0.29, 0.717) is 37.2 Å². The monoisotopic (exact) mass is 506 g/mol. The number of fused-ring (bicyclic) bond motifs is 1. The van der Waals surface area contributed by atoms with Crippen LogP contribution in [0, 0.1) is 0 Å². The van der Waals surface area contributed by atoms with E-state index in [1.54, 1.807) is 6.92 Å². The van der Waals surface area contributed by atoms with Gasteiger partial charge in [-0.05, 0) is 62.2 Å². The Kier molecular flexibility index (Phi) is 6.35. The highest BCUT2D eigenvalue weighted by atomic mass is 35.5. The number of rotatable bonds is 4. The minimum Gasteiger partial charge on any atom is -0.368 e. The van der Waals surface area contributed by atoms with Crippen molar-refractivity contribution in [3.8, 4) is 0 Å². The minimum atomic E-state index is -4.54. The van der Waals surface area contributed by atoms with Gasteiger partial charge in [0.05, 0.1) is 23.2 Å². The summed E-state index contributed by atoms with van der Waals surface area (Å²) in [5.74, 6) is 0.164. The molecule has 186 valence electrons. The first-order valence-electron chi connectivity index (χ1n) is 11.7. The van der Waals surface area contributed by atoms with Gasteiger partial charge in [-0.2, -0.15) is 13.2 Å². The molecule has 0 radical (unpaired) electrons. The van der Waals surface area contributed by atoms with Crippen LogP contribution in [0.3, 0.4) is 0 Å². The van der Waals surface area contributed by atoms with Gasteiger partial charge in [-0.3, -0.25) is 4.79 Å². The zero-order valence-electron chi connectivity index (χ0n) is 19.2. The first-order valence-corrected chi connectivity index (χ1v) is 12.1. The van der Waals surface area contributed by atoms with E-state index in [4.69, 9.17) is 11.6 Å². The van der Waals surface area contributed by atoms with E-state index in [1.165, 1.54) is 16.8 Å². The Morgan fingerprint density at radius 2 is 1.91 bits per heavy atom. The number of carbonyl (C=O) groups excluding carboxylic acids is 1. The molecule has 2 aliphatic heterocycles. The smallest absolute Gasteiger partial charge is 0.368 e. The molecule has 0 saturated carbocycles. The van der Waals surface area contributed by atoms with Crippen LogP contribution >= 0.6 is 11.6 Å². The summed E-state index contributed by atoms with van der Waals surface area (Å²) < 4.78 is 42.6. The van der Waals surface area contributed by atoms with Crippen molar-refractivity contribution < 1.29 is 18.0 Å². The summed E-state index contributed by atoms with van der Waals surface area (Å²) in [6.45, 7) is 5.16. The second-order valence-corrected chi connectivity index (χ2v) is 9.51. The Labute approximate surface area is 205 Å². The number of benzene rings is 2. The molecule has 2 atom stereocenters. The van der Waals surface area contributed by atoms with Crippen molar-refractivity contribution >= 4 is 34.2 Å². The summed E-state index contributed by atoms with van der Waals surface area (Å²) in [7, 11) is 0. The summed E-state index contributed by atoms with van der Waals surface area (Å²) in [5, 5.41) is 11.6. The molecule has 3 aromatic rings. The Balaban J connectivity index is 1.38. The number of halogens is 4.